The van der Waals surface area contributed by atoms with Gasteiger partial charge in [0.25, 0.3) is 0 Å². The van der Waals surface area contributed by atoms with Crippen LogP contribution in [0.1, 0.15) is 22.3 Å². The number of aliphatic hydroxyl groups is 1. The second kappa shape index (κ2) is 11.2. The van der Waals surface area contributed by atoms with E-state index in [1.807, 2.05) is 82.1 Å². The number of rotatable bonds is 8. The first kappa shape index (κ1) is 26.8. The zero-order valence-corrected chi connectivity index (χ0v) is 22.9. The molecule has 7 nitrogen and oxygen atoms in total. The molecular weight excluding hydrogens is 523 g/mol. The Morgan fingerprint density at radius 3 is 1.50 bits per heavy atom. The van der Waals surface area contributed by atoms with Gasteiger partial charge in [0.05, 0.1) is 18.2 Å². The van der Waals surface area contributed by atoms with Crippen molar-refractivity contribution in [3.8, 4) is 11.5 Å². The standard InChI is InChI=1S/C32H33N2O5P/c35-27-15-11-25(12-16-27)21-33-29(19-23-7-3-1-4-8-23)31(37)32-30(20-24-9-5-2-6-10-24)34(40(33,38)39-32)22-26-13-17-28(36)18-14-26/h1-18,29-32,35-37H,19-22H2/t29-,30-,31+,32?,40+/m1/s1. The van der Waals surface area contributed by atoms with Gasteiger partial charge in [0.2, 0.25) is 0 Å². The largest absolute Gasteiger partial charge is 0.508 e. The molecule has 2 heterocycles. The van der Waals surface area contributed by atoms with Crippen LogP contribution in [0.2, 0.25) is 0 Å². The van der Waals surface area contributed by atoms with E-state index < -0.39 is 25.9 Å². The van der Waals surface area contributed by atoms with Crippen molar-refractivity contribution in [1.82, 2.24) is 9.34 Å². The third-order valence-electron chi connectivity index (χ3n) is 7.92. The second-order valence-corrected chi connectivity index (χ2v) is 12.8. The number of benzene rings is 4. The first-order chi connectivity index (χ1) is 19.4. The number of hydrogen-bond donors (Lipinski definition) is 3. The predicted molar refractivity (Wildman–Crippen MR) is 154 cm³/mol. The van der Waals surface area contributed by atoms with E-state index in [-0.39, 0.29) is 24.1 Å². The maximum atomic E-state index is 15.2. The van der Waals surface area contributed by atoms with Crippen LogP contribution in [-0.2, 0) is 35.0 Å². The number of aliphatic hydroxyl groups excluding tert-OH is 1. The highest BCUT2D eigenvalue weighted by molar-refractivity contribution is 7.54. The molecule has 0 saturated carbocycles. The van der Waals surface area contributed by atoms with E-state index in [1.54, 1.807) is 36.4 Å². The van der Waals surface area contributed by atoms with Gasteiger partial charge in [-0.25, -0.2) is 9.34 Å². The summed E-state index contributed by atoms with van der Waals surface area (Å²) in [5, 5.41) is 31.6. The fourth-order valence-electron chi connectivity index (χ4n) is 5.88. The number of hydrogen-bond acceptors (Lipinski definition) is 5. The molecule has 2 fully saturated rings. The molecule has 5 atom stereocenters. The summed E-state index contributed by atoms with van der Waals surface area (Å²) in [6.45, 7) is 0.616. The third-order valence-corrected chi connectivity index (χ3v) is 10.6. The van der Waals surface area contributed by atoms with Gasteiger partial charge in [-0.1, -0.05) is 84.9 Å². The van der Waals surface area contributed by atoms with Gasteiger partial charge in [0, 0.05) is 13.1 Å². The normalized spacial score (nSPS) is 26.6. The van der Waals surface area contributed by atoms with Crippen molar-refractivity contribution in [2.45, 2.75) is 50.2 Å². The van der Waals surface area contributed by atoms with Gasteiger partial charge in [-0.05, 0) is 59.4 Å². The minimum absolute atomic E-state index is 0.156. The van der Waals surface area contributed by atoms with Crippen LogP contribution in [0.25, 0.3) is 0 Å². The quantitative estimate of drug-likeness (QED) is 0.247. The monoisotopic (exact) mass is 556 g/mol. The highest BCUT2D eigenvalue weighted by Crippen LogP contribution is 2.67. The van der Waals surface area contributed by atoms with Gasteiger partial charge in [-0.3, -0.25) is 9.09 Å². The summed E-state index contributed by atoms with van der Waals surface area (Å²) in [4.78, 5) is 0. The van der Waals surface area contributed by atoms with E-state index >= 15 is 4.57 Å². The van der Waals surface area contributed by atoms with Crippen LogP contribution < -0.4 is 0 Å². The Kier molecular flexibility index (Phi) is 7.49. The zero-order valence-electron chi connectivity index (χ0n) is 22.0. The van der Waals surface area contributed by atoms with Crippen LogP contribution in [0.4, 0.5) is 0 Å². The first-order valence-corrected chi connectivity index (χ1v) is 15.1. The van der Waals surface area contributed by atoms with Gasteiger partial charge >= 0.3 is 7.67 Å². The summed E-state index contributed by atoms with van der Waals surface area (Å²) in [5.41, 5.74) is 3.86. The lowest BCUT2D eigenvalue weighted by atomic mass is 9.91. The van der Waals surface area contributed by atoms with Crippen LogP contribution in [0, 0.1) is 0 Å². The Bertz CT molecular complexity index is 1430. The van der Waals surface area contributed by atoms with Gasteiger partial charge < -0.3 is 15.3 Å². The Labute approximate surface area is 234 Å². The SMILES string of the molecule is O=[P@]12OC([C@@H](O)[C@@H](Cc3ccccc3)N1Cc1ccc(O)cc1)[C@@H](Cc1ccccc1)N2Cc1ccc(O)cc1. The van der Waals surface area contributed by atoms with Crippen LogP contribution in [0.5, 0.6) is 11.5 Å². The van der Waals surface area contributed by atoms with E-state index in [1.165, 1.54) is 0 Å². The van der Waals surface area contributed by atoms with Crippen molar-refractivity contribution in [3.63, 3.8) is 0 Å². The number of aromatic hydroxyl groups is 2. The van der Waals surface area contributed by atoms with Gasteiger partial charge in [-0.15, -0.1) is 0 Å². The Hall–Kier alpha value is -3.45. The minimum Gasteiger partial charge on any atom is -0.508 e. The highest BCUT2D eigenvalue weighted by atomic mass is 31.2. The van der Waals surface area contributed by atoms with Gasteiger partial charge in [-0.2, -0.15) is 0 Å². The molecule has 0 radical (unpaired) electrons. The molecule has 0 aliphatic carbocycles. The summed E-state index contributed by atoms with van der Waals surface area (Å²) in [6.07, 6.45) is -0.462. The lowest BCUT2D eigenvalue weighted by Crippen LogP contribution is -2.53. The summed E-state index contributed by atoms with van der Waals surface area (Å²) < 4.78 is 25.4. The lowest BCUT2D eigenvalue weighted by Gasteiger charge is -2.43. The molecule has 0 spiro atoms. The minimum atomic E-state index is -3.64. The summed E-state index contributed by atoms with van der Waals surface area (Å²) in [7, 11) is -3.64. The van der Waals surface area contributed by atoms with E-state index in [0.29, 0.717) is 19.4 Å². The van der Waals surface area contributed by atoms with Crippen molar-refractivity contribution in [2.75, 3.05) is 0 Å². The van der Waals surface area contributed by atoms with Crippen molar-refractivity contribution in [1.29, 1.82) is 0 Å². The van der Waals surface area contributed by atoms with E-state index in [0.717, 1.165) is 22.3 Å². The third kappa shape index (κ3) is 5.31. The smallest absolute Gasteiger partial charge is 0.347 e. The molecule has 206 valence electrons. The fraction of sp³-hybridized carbons (Fsp3) is 0.250. The van der Waals surface area contributed by atoms with E-state index in [9.17, 15) is 15.3 Å². The average molecular weight is 557 g/mol. The summed E-state index contributed by atoms with van der Waals surface area (Å²) >= 11 is 0. The molecule has 0 amide bonds. The molecule has 1 unspecified atom stereocenters. The van der Waals surface area contributed by atoms with E-state index in [4.69, 9.17) is 4.52 Å². The number of phenolic OH excluding ortho intramolecular Hbond substituents is 2. The molecule has 40 heavy (non-hydrogen) atoms. The van der Waals surface area contributed by atoms with E-state index in [2.05, 4.69) is 0 Å². The highest BCUT2D eigenvalue weighted by Gasteiger charge is 2.62. The fourth-order valence-corrected chi connectivity index (χ4v) is 8.86. The number of fused-ring (bicyclic) bond motifs is 2. The van der Waals surface area contributed by atoms with Crippen LogP contribution in [0.3, 0.4) is 0 Å². The molecule has 8 heteroatoms. The van der Waals surface area contributed by atoms with Crippen molar-refractivity contribution in [2.24, 2.45) is 0 Å². The number of phenols is 2. The second-order valence-electron chi connectivity index (χ2n) is 10.6. The molecule has 2 saturated heterocycles. The maximum Gasteiger partial charge on any atom is 0.347 e. The molecule has 4 aromatic carbocycles. The molecule has 6 rings (SSSR count). The van der Waals surface area contributed by atoms with Crippen LogP contribution in [0.15, 0.2) is 109 Å². The average Bonchev–Trinajstić information content (AvgIpc) is 3.22. The van der Waals surface area contributed by atoms with Crippen molar-refractivity contribution < 1.29 is 24.4 Å². The first-order valence-electron chi connectivity index (χ1n) is 13.5. The Morgan fingerprint density at radius 2 is 1.02 bits per heavy atom. The Morgan fingerprint density at radius 1 is 0.600 bits per heavy atom. The van der Waals surface area contributed by atoms with Crippen LogP contribution in [-0.4, -0.2) is 49.0 Å². The van der Waals surface area contributed by atoms with Crippen molar-refractivity contribution >= 4 is 7.67 Å². The molecule has 0 aromatic heterocycles. The molecule has 2 bridgehead atoms. The maximum absolute atomic E-state index is 15.2. The number of nitrogens with zero attached hydrogens (tertiary/aromatic N) is 2. The molecular formula is C32H33N2O5P. The van der Waals surface area contributed by atoms with Crippen molar-refractivity contribution in [3.05, 3.63) is 131 Å². The van der Waals surface area contributed by atoms with Gasteiger partial charge in [0.15, 0.2) is 0 Å². The predicted octanol–water partition coefficient (Wildman–Crippen LogP) is 5.51. The zero-order chi connectivity index (χ0) is 27.7. The molecule has 2 aliphatic heterocycles. The summed E-state index contributed by atoms with van der Waals surface area (Å²) in [6, 6.07) is 32.9. The Balaban J connectivity index is 1.43. The molecule has 3 N–H and O–H groups in total. The lowest BCUT2D eigenvalue weighted by molar-refractivity contribution is -0.0378. The van der Waals surface area contributed by atoms with Gasteiger partial charge in [0.1, 0.15) is 17.6 Å². The topological polar surface area (TPSA) is 93.5 Å². The molecule has 2 aliphatic rings. The van der Waals surface area contributed by atoms with Crippen LogP contribution >= 0.6 is 7.67 Å². The molecule has 4 aromatic rings. The summed E-state index contributed by atoms with van der Waals surface area (Å²) in [5.74, 6) is 0.323.